The fourth-order valence-electron chi connectivity index (χ4n) is 1.36. The van der Waals surface area contributed by atoms with Crippen LogP contribution >= 0.6 is 11.6 Å². The first-order valence-corrected chi connectivity index (χ1v) is 4.35. The smallest absolute Gasteiger partial charge is 0.294 e. The van der Waals surface area contributed by atoms with E-state index in [4.69, 9.17) is 17.3 Å². The van der Waals surface area contributed by atoms with Gasteiger partial charge in [0.1, 0.15) is 10.8 Å². The van der Waals surface area contributed by atoms with Gasteiger partial charge in [-0.1, -0.05) is 11.6 Å². The van der Waals surface area contributed by atoms with Gasteiger partial charge in [0.05, 0.1) is 10.5 Å². The quantitative estimate of drug-likeness (QED) is 0.470. The number of pyridine rings is 1. The number of carbonyl (C=O) groups is 1. The minimum absolute atomic E-state index is 0.103. The van der Waals surface area contributed by atoms with E-state index in [0.29, 0.717) is 0 Å². The maximum Gasteiger partial charge on any atom is 0.294 e. The predicted molar refractivity (Wildman–Crippen MR) is 53.9 cm³/mol. The molecular formula is C8H8ClN3O3. The van der Waals surface area contributed by atoms with Crippen LogP contribution in [0.3, 0.4) is 0 Å². The van der Waals surface area contributed by atoms with E-state index in [1.807, 2.05) is 0 Å². The summed E-state index contributed by atoms with van der Waals surface area (Å²) in [5, 5.41) is 10.6. The zero-order valence-corrected chi connectivity index (χ0v) is 8.83. The highest BCUT2D eigenvalue weighted by Crippen LogP contribution is 2.28. The number of primary amides is 1. The fourth-order valence-corrected chi connectivity index (χ4v) is 1.72. The number of aryl methyl sites for hydroxylation is 1. The van der Waals surface area contributed by atoms with Crippen molar-refractivity contribution >= 4 is 23.2 Å². The Bertz CT molecular complexity index is 421. The monoisotopic (exact) mass is 229 g/mol. The Morgan fingerprint density at radius 3 is 2.47 bits per heavy atom. The highest BCUT2D eigenvalue weighted by atomic mass is 35.5. The van der Waals surface area contributed by atoms with E-state index < -0.39 is 10.8 Å². The third-order valence-corrected chi connectivity index (χ3v) is 2.25. The van der Waals surface area contributed by atoms with Gasteiger partial charge in [0.2, 0.25) is 0 Å². The average molecular weight is 230 g/mol. The standard InChI is InChI=1S/C8H8ClN3O3/c1-3-5(8(10)13)7(9)11-4(2)6(3)12(14)15/h1-2H3,(H2,10,13). The molecule has 1 heterocycles. The zero-order chi connectivity index (χ0) is 11.7. The summed E-state index contributed by atoms with van der Waals surface area (Å²) >= 11 is 5.67. The highest BCUT2D eigenvalue weighted by molar-refractivity contribution is 6.33. The Morgan fingerprint density at radius 2 is 2.07 bits per heavy atom. The number of hydrogen-bond donors (Lipinski definition) is 1. The van der Waals surface area contributed by atoms with Crippen LogP contribution in [-0.4, -0.2) is 15.8 Å². The molecule has 2 N–H and O–H groups in total. The van der Waals surface area contributed by atoms with Gasteiger partial charge in [0.25, 0.3) is 11.6 Å². The van der Waals surface area contributed by atoms with Gasteiger partial charge in [-0.05, 0) is 13.8 Å². The molecule has 0 saturated heterocycles. The van der Waals surface area contributed by atoms with Gasteiger partial charge in [-0.2, -0.15) is 0 Å². The zero-order valence-electron chi connectivity index (χ0n) is 8.07. The van der Waals surface area contributed by atoms with E-state index in [-0.39, 0.29) is 27.7 Å². The van der Waals surface area contributed by atoms with Crippen LogP contribution < -0.4 is 5.73 Å². The molecular weight excluding hydrogens is 222 g/mol. The van der Waals surface area contributed by atoms with Gasteiger partial charge in [0.15, 0.2) is 0 Å². The van der Waals surface area contributed by atoms with Crippen molar-refractivity contribution in [2.75, 3.05) is 0 Å². The van der Waals surface area contributed by atoms with E-state index in [9.17, 15) is 14.9 Å². The molecule has 15 heavy (non-hydrogen) atoms. The third-order valence-electron chi connectivity index (χ3n) is 1.97. The lowest BCUT2D eigenvalue weighted by Crippen LogP contribution is -2.16. The number of nitrogens with zero attached hydrogens (tertiary/aromatic N) is 2. The van der Waals surface area contributed by atoms with Crippen molar-refractivity contribution in [3.63, 3.8) is 0 Å². The molecule has 1 aromatic rings. The topological polar surface area (TPSA) is 99.1 Å². The predicted octanol–water partition coefficient (Wildman–Crippen LogP) is 1.36. The van der Waals surface area contributed by atoms with Crippen molar-refractivity contribution in [1.82, 2.24) is 4.98 Å². The minimum atomic E-state index is -0.826. The van der Waals surface area contributed by atoms with Crippen LogP contribution in [0.25, 0.3) is 0 Å². The van der Waals surface area contributed by atoms with Crippen molar-refractivity contribution < 1.29 is 9.72 Å². The summed E-state index contributed by atoms with van der Waals surface area (Å²) < 4.78 is 0. The van der Waals surface area contributed by atoms with Crippen LogP contribution in [0.1, 0.15) is 21.6 Å². The lowest BCUT2D eigenvalue weighted by Gasteiger charge is -2.06. The Hall–Kier alpha value is -1.69. The number of hydrogen-bond acceptors (Lipinski definition) is 4. The van der Waals surface area contributed by atoms with Crippen molar-refractivity contribution in [1.29, 1.82) is 0 Å². The lowest BCUT2D eigenvalue weighted by atomic mass is 10.1. The molecule has 0 aliphatic rings. The lowest BCUT2D eigenvalue weighted by molar-refractivity contribution is -0.386. The number of carbonyl (C=O) groups excluding carboxylic acids is 1. The second-order valence-electron chi connectivity index (χ2n) is 2.96. The summed E-state index contributed by atoms with van der Waals surface area (Å²) in [4.78, 5) is 24.8. The first-order chi connectivity index (χ1) is 6.86. The minimum Gasteiger partial charge on any atom is -0.365 e. The maximum absolute atomic E-state index is 11.0. The molecule has 80 valence electrons. The van der Waals surface area contributed by atoms with Gasteiger partial charge in [-0.15, -0.1) is 0 Å². The number of amides is 1. The number of halogens is 1. The number of nitrogens with two attached hydrogens (primary N) is 1. The van der Waals surface area contributed by atoms with Crippen molar-refractivity contribution in [3.8, 4) is 0 Å². The summed E-state index contributed by atoms with van der Waals surface area (Å²) in [7, 11) is 0. The summed E-state index contributed by atoms with van der Waals surface area (Å²) in [6.07, 6.45) is 0. The van der Waals surface area contributed by atoms with Crippen LogP contribution in [0.2, 0.25) is 5.15 Å². The van der Waals surface area contributed by atoms with Gasteiger partial charge < -0.3 is 5.73 Å². The molecule has 0 saturated carbocycles. The SMILES string of the molecule is Cc1nc(Cl)c(C(N)=O)c(C)c1[N+](=O)[O-]. The molecule has 7 heteroatoms. The largest absolute Gasteiger partial charge is 0.365 e. The van der Waals surface area contributed by atoms with Crippen LogP contribution in [0, 0.1) is 24.0 Å². The summed E-state index contributed by atoms with van der Waals surface area (Å²) in [5.41, 5.74) is 5.02. The average Bonchev–Trinajstić information content (AvgIpc) is 1.99. The van der Waals surface area contributed by atoms with Gasteiger partial charge in [0, 0.05) is 5.56 Å². The van der Waals surface area contributed by atoms with Gasteiger partial charge in [-0.3, -0.25) is 14.9 Å². The number of rotatable bonds is 2. The first-order valence-electron chi connectivity index (χ1n) is 3.97. The molecule has 0 aliphatic carbocycles. The highest BCUT2D eigenvalue weighted by Gasteiger charge is 2.24. The Balaban J connectivity index is 3.64. The molecule has 6 nitrogen and oxygen atoms in total. The molecule has 0 unspecified atom stereocenters. The van der Waals surface area contributed by atoms with Crippen LogP contribution in [0.4, 0.5) is 5.69 Å². The molecule has 0 spiro atoms. The summed E-state index contributed by atoms with van der Waals surface area (Å²) in [5.74, 6) is -0.826. The van der Waals surface area contributed by atoms with Crippen LogP contribution in [0.5, 0.6) is 0 Å². The van der Waals surface area contributed by atoms with Gasteiger partial charge in [-0.25, -0.2) is 4.98 Å². The van der Waals surface area contributed by atoms with E-state index in [1.165, 1.54) is 13.8 Å². The molecule has 0 atom stereocenters. The van der Waals surface area contributed by atoms with Crippen LogP contribution in [0.15, 0.2) is 0 Å². The van der Waals surface area contributed by atoms with E-state index in [2.05, 4.69) is 4.98 Å². The second-order valence-corrected chi connectivity index (χ2v) is 3.32. The molecule has 0 radical (unpaired) electrons. The molecule has 1 rings (SSSR count). The molecule has 1 aromatic heterocycles. The Kier molecular flexibility index (Phi) is 2.90. The normalized spacial score (nSPS) is 10.1. The molecule has 0 bridgehead atoms. The van der Waals surface area contributed by atoms with Crippen molar-refractivity contribution in [2.45, 2.75) is 13.8 Å². The van der Waals surface area contributed by atoms with Crippen LogP contribution in [-0.2, 0) is 0 Å². The number of nitro groups is 1. The molecule has 0 fully saturated rings. The molecule has 0 aromatic carbocycles. The summed E-state index contributed by atoms with van der Waals surface area (Å²) in [6.45, 7) is 2.86. The molecule has 1 amide bonds. The first kappa shape index (κ1) is 11.4. The van der Waals surface area contributed by atoms with Gasteiger partial charge >= 0.3 is 0 Å². The third kappa shape index (κ3) is 1.89. The van der Waals surface area contributed by atoms with Crippen molar-refractivity contribution in [3.05, 3.63) is 32.1 Å². The maximum atomic E-state index is 11.0. The van der Waals surface area contributed by atoms with E-state index in [0.717, 1.165) is 0 Å². The van der Waals surface area contributed by atoms with E-state index in [1.54, 1.807) is 0 Å². The van der Waals surface area contributed by atoms with Crippen molar-refractivity contribution in [2.24, 2.45) is 5.73 Å². The number of aromatic nitrogens is 1. The Morgan fingerprint density at radius 1 is 1.53 bits per heavy atom. The van der Waals surface area contributed by atoms with E-state index >= 15 is 0 Å². The Labute approximate surface area is 90.2 Å². The molecule has 0 aliphatic heterocycles. The second kappa shape index (κ2) is 3.82. The fraction of sp³-hybridized carbons (Fsp3) is 0.250. The summed E-state index contributed by atoms with van der Waals surface area (Å²) in [6, 6.07) is 0.